The second-order valence-corrected chi connectivity index (χ2v) is 9.23. The first-order chi connectivity index (χ1) is 13.8. The molecule has 0 unspecified atom stereocenters. The minimum Gasteiger partial charge on any atom is -0.394 e. The van der Waals surface area contributed by atoms with Crippen LogP contribution in [0.15, 0.2) is 59.6 Å². The number of aliphatic hydroxyl groups excluding tert-OH is 1. The Labute approximate surface area is 172 Å². The van der Waals surface area contributed by atoms with Gasteiger partial charge >= 0.3 is 0 Å². The number of benzene rings is 2. The van der Waals surface area contributed by atoms with E-state index in [-0.39, 0.29) is 34.7 Å². The quantitative estimate of drug-likeness (QED) is 0.530. The van der Waals surface area contributed by atoms with Gasteiger partial charge in [0.2, 0.25) is 0 Å². The SMILES string of the molecule is CC(=O)SCC(=O)c1ccc(N(CCO)S(=O)(=O)c2c[nH]c3ccccc23)cc1. The molecule has 0 saturated carbocycles. The van der Waals surface area contributed by atoms with Crippen LogP contribution in [0.2, 0.25) is 0 Å². The molecule has 0 aliphatic rings. The number of H-pyrrole nitrogens is 1. The van der Waals surface area contributed by atoms with Crippen LogP contribution in [0.25, 0.3) is 10.9 Å². The number of fused-ring (bicyclic) bond motifs is 1. The Morgan fingerprint density at radius 3 is 2.45 bits per heavy atom. The first-order valence-electron chi connectivity index (χ1n) is 8.81. The van der Waals surface area contributed by atoms with E-state index >= 15 is 0 Å². The number of thioether (sulfide) groups is 1. The summed E-state index contributed by atoms with van der Waals surface area (Å²) in [5.41, 5.74) is 1.41. The monoisotopic (exact) mass is 432 g/mol. The van der Waals surface area contributed by atoms with Crippen molar-refractivity contribution in [3.8, 4) is 0 Å². The van der Waals surface area contributed by atoms with Gasteiger partial charge in [-0.05, 0) is 30.3 Å². The number of nitrogens with zero attached hydrogens (tertiary/aromatic N) is 1. The predicted molar refractivity (Wildman–Crippen MR) is 114 cm³/mol. The van der Waals surface area contributed by atoms with Crippen LogP contribution in [0.5, 0.6) is 0 Å². The van der Waals surface area contributed by atoms with Gasteiger partial charge in [0.15, 0.2) is 10.9 Å². The lowest BCUT2D eigenvalue weighted by Crippen LogP contribution is -2.33. The third kappa shape index (κ3) is 4.52. The summed E-state index contributed by atoms with van der Waals surface area (Å²) in [7, 11) is -3.95. The van der Waals surface area contributed by atoms with Crippen molar-refractivity contribution in [2.24, 2.45) is 0 Å². The van der Waals surface area contributed by atoms with Gasteiger partial charge in [0, 0.05) is 29.6 Å². The molecule has 1 heterocycles. The van der Waals surface area contributed by atoms with Gasteiger partial charge in [-0.25, -0.2) is 8.42 Å². The number of carbonyl (C=O) groups is 2. The number of hydrogen-bond donors (Lipinski definition) is 2. The number of aliphatic hydroxyl groups is 1. The van der Waals surface area contributed by atoms with Crippen LogP contribution in [0.3, 0.4) is 0 Å². The molecule has 0 spiro atoms. The highest BCUT2D eigenvalue weighted by Gasteiger charge is 2.27. The van der Waals surface area contributed by atoms with Crippen molar-refractivity contribution in [2.75, 3.05) is 23.2 Å². The van der Waals surface area contributed by atoms with Gasteiger partial charge in [0.25, 0.3) is 10.0 Å². The van der Waals surface area contributed by atoms with E-state index in [2.05, 4.69) is 4.98 Å². The zero-order valence-corrected chi connectivity index (χ0v) is 17.3. The zero-order chi connectivity index (χ0) is 21.0. The Hall–Kier alpha value is -2.62. The predicted octanol–water partition coefficient (Wildman–Crippen LogP) is 2.82. The van der Waals surface area contributed by atoms with Crippen LogP contribution in [0.1, 0.15) is 17.3 Å². The van der Waals surface area contributed by atoms with Crippen LogP contribution in [0.4, 0.5) is 5.69 Å². The Bertz CT molecular complexity index is 1140. The van der Waals surface area contributed by atoms with Gasteiger partial charge in [-0.2, -0.15) is 0 Å². The normalized spacial score (nSPS) is 11.5. The maximum atomic E-state index is 13.3. The summed E-state index contributed by atoms with van der Waals surface area (Å²) >= 11 is 0.925. The van der Waals surface area contributed by atoms with Crippen molar-refractivity contribution in [1.82, 2.24) is 4.98 Å². The smallest absolute Gasteiger partial charge is 0.266 e. The standard InChI is InChI=1S/C20H20N2O5S2/c1-14(24)28-13-19(25)15-6-8-16(9-7-15)22(10-11-23)29(26,27)20-12-21-18-5-3-2-4-17(18)20/h2-9,12,21,23H,10-11,13H2,1H3. The third-order valence-corrected chi connectivity index (χ3v) is 6.99. The number of hydrogen-bond acceptors (Lipinski definition) is 6. The van der Waals surface area contributed by atoms with Crippen molar-refractivity contribution in [3.05, 3.63) is 60.3 Å². The molecule has 0 atom stereocenters. The molecule has 0 aliphatic heterocycles. The van der Waals surface area contributed by atoms with Crippen molar-refractivity contribution in [1.29, 1.82) is 0 Å². The van der Waals surface area contributed by atoms with Gasteiger partial charge in [-0.1, -0.05) is 30.0 Å². The van der Waals surface area contributed by atoms with Crippen molar-refractivity contribution in [3.63, 3.8) is 0 Å². The van der Waals surface area contributed by atoms with E-state index in [0.717, 1.165) is 16.1 Å². The van der Waals surface area contributed by atoms with Crippen LogP contribution >= 0.6 is 11.8 Å². The third-order valence-electron chi connectivity index (χ3n) is 4.31. The minimum atomic E-state index is -3.95. The van der Waals surface area contributed by atoms with Crippen molar-refractivity contribution < 1.29 is 23.1 Å². The number of ketones is 1. The zero-order valence-electron chi connectivity index (χ0n) is 15.7. The van der Waals surface area contributed by atoms with E-state index in [4.69, 9.17) is 0 Å². The fraction of sp³-hybridized carbons (Fsp3) is 0.200. The summed E-state index contributed by atoms with van der Waals surface area (Å²) in [5, 5.41) is 9.85. The van der Waals surface area contributed by atoms with E-state index < -0.39 is 10.0 Å². The van der Waals surface area contributed by atoms with Crippen LogP contribution < -0.4 is 4.31 Å². The molecule has 2 N–H and O–H groups in total. The number of Topliss-reactive ketones (excluding diaryl/α,β-unsaturated/α-hetero) is 1. The van der Waals surface area contributed by atoms with Gasteiger partial charge in [0.05, 0.1) is 24.6 Å². The number of para-hydroxylation sites is 1. The summed E-state index contributed by atoms with van der Waals surface area (Å²) < 4.78 is 27.7. The second kappa shape index (κ2) is 8.81. The molecule has 29 heavy (non-hydrogen) atoms. The van der Waals surface area contributed by atoms with Crippen LogP contribution in [0, 0.1) is 0 Å². The molecule has 3 aromatic rings. The molecular weight excluding hydrogens is 412 g/mol. The van der Waals surface area contributed by atoms with E-state index in [1.54, 1.807) is 24.3 Å². The highest BCUT2D eigenvalue weighted by Crippen LogP contribution is 2.29. The molecule has 1 aromatic heterocycles. The summed E-state index contributed by atoms with van der Waals surface area (Å²) in [6, 6.07) is 13.1. The molecule has 0 bridgehead atoms. The topological polar surface area (TPSA) is 108 Å². The number of aromatic amines is 1. The van der Waals surface area contributed by atoms with E-state index in [1.807, 2.05) is 0 Å². The van der Waals surface area contributed by atoms with Crippen LogP contribution in [-0.2, 0) is 14.8 Å². The largest absolute Gasteiger partial charge is 0.394 e. The lowest BCUT2D eigenvalue weighted by molar-refractivity contribution is -0.109. The van der Waals surface area contributed by atoms with Gasteiger partial charge < -0.3 is 10.1 Å². The molecule has 0 fully saturated rings. The molecule has 152 valence electrons. The summed E-state index contributed by atoms with van der Waals surface area (Å²) in [4.78, 5) is 26.2. The average Bonchev–Trinajstić information content (AvgIpc) is 3.15. The maximum Gasteiger partial charge on any atom is 0.266 e. The minimum absolute atomic E-state index is 0.0304. The Morgan fingerprint density at radius 2 is 1.79 bits per heavy atom. The first-order valence-corrected chi connectivity index (χ1v) is 11.2. The summed E-state index contributed by atoms with van der Waals surface area (Å²) in [6.45, 7) is 0.899. The molecule has 3 rings (SSSR count). The molecule has 2 aromatic carbocycles. The molecule has 0 saturated heterocycles. The fourth-order valence-corrected chi connectivity index (χ4v) is 5.04. The number of sulfonamides is 1. The number of anilines is 1. The molecule has 9 heteroatoms. The molecular formula is C20H20N2O5S2. The number of aromatic nitrogens is 1. The van der Waals surface area contributed by atoms with Crippen LogP contribution in [-0.4, -0.2) is 48.3 Å². The van der Waals surface area contributed by atoms with E-state index in [9.17, 15) is 23.1 Å². The van der Waals surface area contributed by atoms with E-state index in [0.29, 0.717) is 22.2 Å². The lowest BCUT2D eigenvalue weighted by Gasteiger charge is -2.23. The number of nitrogens with one attached hydrogen (secondary N) is 1. The highest BCUT2D eigenvalue weighted by atomic mass is 32.2. The Balaban J connectivity index is 1.93. The second-order valence-electron chi connectivity index (χ2n) is 6.25. The summed E-state index contributed by atoms with van der Waals surface area (Å²) in [6.07, 6.45) is 1.43. The van der Waals surface area contributed by atoms with Gasteiger partial charge in [-0.15, -0.1) is 0 Å². The summed E-state index contributed by atoms with van der Waals surface area (Å²) in [5.74, 6) is -0.187. The number of carbonyl (C=O) groups excluding carboxylic acids is 2. The lowest BCUT2D eigenvalue weighted by atomic mass is 10.1. The average molecular weight is 433 g/mol. The van der Waals surface area contributed by atoms with Gasteiger partial charge in [-0.3, -0.25) is 13.9 Å². The highest BCUT2D eigenvalue weighted by molar-refractivity contribution is 8.14. The first kappa shape index (κ1) is 21.1. The van der Waals surface area contributed by atoms with E-state index in [1.165, 1.54) is 37.4 Å². The molecule has 7 nitrogen and oxygen atoms in total. The Kier molecular flexibility index (Phi) is 6.41. The maximum absolute atomic E-state index is 13.3. The number of rotatable bonds is 8. The van der Waals surface area contributed by atoms with Crippen molar-refractivity contribution in [2.45, 2.75) is 11.8 Å². The van der Waals surface area contributed by atoms with Gasteiger partial charge in [0.1, 0.15) is 4.90 Å². The fourth-order valence-electron chi connectivity index (χ4n) is 2.92. The Morgan fingerprint density at radius 1 is 1.10 bits per heavy atom. The molecule has 0 aliphatic carbocycles. The molecule has 0 amide bonds. The molecule has 0 radical (unpaired) electrons. The van der Waals surface area contributed by atoms with Crippen molar-refractivity contribution >= 4 is 49.3 Å².